The van der Waals surface area contributed by atoms with E-state index in [0.29, 0.717) is 5.56 Å². The van der Waals surface area contributed by atoms with E-state index in [9.17, 15) is 4.79 Å². The van der Waals surface area contributed by atoms with Crippen molar-refractivity contribution >= 4 is 5.91 Å². The van der Waals surface area contributed by atoms with Crippen LogP contribution in [0.2, 0.25) is 0 Å². The lowest BCUT2D eigenvalue weighted by atomic mass is 10.0. The van der Waals surface area contributed by atoms with E-state index in [1.165, 1.54) is 0 Å². The lowest BCUT2D eigenvalue weighted by Gasteiger charge is -2.35. The Bertz CT molecular complexity index is 959. The first-order valence-electron chi connectivity index (χ1n) is 10.5. The topological polar surface area (TPSA) is 53.4 Å². The normalized spacial score (nSPS) is 16.3. The van der Waals surface area contributed by atoms with Gasteiger partial charge in [0.15, 0.2) is 0 Å². The van der Waals surface area contributed by atoms with Gasteiger partial charge in [-0.1, -0.05) is 30.3 Å². The van der Waals surface area contributed by atoms with E-state index < -0.39 is 0 Å². The molecule has 0 radical (unpaired) electrons. The van der Waals surface area contributed by atoms with E-state index in [0.717, 1.165) is 49.7 Å². The Balaban J connectivity index is 1.48. The van der Waals surface area contributed by atoms with Crippen LogP contribution in [-0.4, -0.2) is 65.3 Å². The highest BCUT2D eigenvalue weighted by molar-refractivity contribution is 5.94. The average molecular weight is 404 g/mol. The molecule has 0 aliphatic carbocycles. The van der Waals surface area contributed by atoms with Gasteiger partial charge in [0.2, 0.25) is 0 Å². The van der Waals surface area contributed by atoms with Gasteiger partial charge >= 0.3 is 0 Å². The molecule has 0 saturated carbocycles. The highest BCUT2D eigenvalue weighted by Gasteiger charge is 2.21. The molecule has 0 bridgehead atoms. The van der Waals surface area contributed by atoms with Crippen molar-refractivity contribution in [3.8, 4) is 5.69 Å². The van der Waals surface area contributed by atoms with Crippen molar-refractivity contribution in [2.45, 2.75) is 13.0 Å². The van der Waals surface area contributed by atoms with Crippen LogP contribution in [0.5, 0.6) is 0 Å². The standard InChI is InChI=1S/C24H29N5O/c1-19-12-13-25-29(19)22-10-8-21(9-11-22)24(30)26-23(20-6-4-3-5-7-20)18-28-16-14-27(2)15-17-28/h3-13,23H,14-18H2,1-2H3,(H,26,30). The Morgan fingerprint density at radius 2 is 1.70 bits per heavy atom. The maximum Gasteiger partial charge on any atom is 0.251 e. The molecule has 2 heterocycles. The molecule has 30 heavy (non-hydrogen) atoms. The third kappa shape index (κ3) is 4.78. The van der Waals surface area contributed by atoms with Crippen molar-refractivity contribution in [3.05, 3.63) is 83.7 Å². The van der Waals surface area contributed by atoms with Gasteiger partial charge in [0.05, 0.1) is 11.7 Å². The molecule has 156 valence electrons. The Kier molecular flexibility index (Phi) is 6.26. The fourth-order valence-corrected chi connectivity index (χ4v) is 3.84. The zero-order valence-corrected chi connectivity index (χ0v) is 17.7. The van der Waals surface area contributed by atoms with Gasteiger partial charge in [-0.3, -0.25) is 9.69 Å². The van der Waals surface area contributed by atoms with Gasteiger partial charge < -0.3 is 10.2 Å². The largest absolute Gasteiger partial charge is 0.344 e. The fraction of sp³-hybridized carbons (Fsp3) is 0.333. The van der Waals surface area contributed by atoms with E-state index in [-0.39, 0.29) is 11.9 Å². The second kappa shape index (κ2) is 9.24. The molecule has 1 saturated heterocycles. The van der Waals surface area contributed by atoms with E-state index >= 15 is 0 Å². The summed E-state index contributed by atoms with van der Waals surface area (Å²) in [6, 6.07) is 19.8. The number of carbonyl (C=O) groups is 1. The number of likely N-dealkylation sites (N-methyl/N-ethyl adjacent to an activating group) is 1. The highest BCUT2D eigenvalue weighted by atomic mass is 16.1. The van der Waals surface area contributed by atoms with Crippen molar-refractivity contribution in [2.75, 3.05) is 39.8 Å². The summed E-state index contributed by atoms with van der Waals surface area (Å²) in [5.41, 5.74) is 3.80. The van der Waals surface area contributed by atoms with Crippen molar-refractivity contribution in [1.29, 1.82) is 0 Å². The molecular weight excluding hydrogens is 374 g/mol. The summed E-state index contributed by atoms with van der Waals surface area (Å²) >= 11 is 0. The number of aromatic nitrogens is 2. The maximum absolute atomic E-state index is 13.0. The predicted molar refractivity (Wildman–Crippen MR) is 119 cm³/mol. The van der Waals surface area contributed by atoms with Crippen molar-refractivity contribution < 1.29 is 4.79 Å². The molecule has 1 amide bonds. The summed E-state index contributed by atoms with van der Waals surface area (Å²) in [5, 5.41) is 7.58. The van der Waals surface area contributed by atoms with Crippen molar-refractivity contribution in [1.82, 2.24) is 24.9 Å². The SMILES string of the molecule is Cc1ccnn1-c1ccc(C(=O)NC(CN2CCN(C)CC2)c2ccccc2)cc1. The molecule has 2 aromatic carbocycles. The van der Waals surface area contributed by atoms with Gasteiger partial charge in [-0.05, 0) is 49.9 Å². The third-order valence-electron chi connectivity index (χ3n) is 5.75. The zero-order chi connectivity index (χ0) is 20.9. The maximum atomic E-state index is 13.0. The first-order valence-corrected chi connectivity index (χ1v) is 10.5. The highest BCUT2D eigenvalue weighted by Crippen LogP contribution is 2.17. The second-order valence-corrected chi connectivity index (χ2v) is 7.97. The van der Waals surface area contributed by atoms with Gasteiger partial charge in [0, 0.05) is 50.2 Å². The third-order valence-corrected chi connectivity index (χ3v) is 5.75. The van der Waals surface area contributed by atoms with E-state index in [2.05, 4.69) is 39.4 Å². The van der Waals surface area contributed by atoms with Crippen LogP contribution in [0.25, 0.3) is 5.69 Å². The quantitative estimate of drug-likeness (QED) is 0.688. The van der Waals surface area contributed by atoms with Crippen molar-refractivity contribution in [3.63, 3.8) is 0 Å². The Hall–Kier alpha value is -2.96. The molecule has 1 aliphatic rings. The molecule has 6 nitrogen and oxygen atoms in total. The summed E-state index contributed by atoms with van der Waals surface area (Å²) in [6.45, 7) is 6.99. The summed E-state index contributed by atoms with van der Waals surface area (Å²) in [6.07, 6.45) is 1.78. The van der Waals surface area contributed by atoms with Crippen LogP contribution in [0.3, 0.4) is 0 Å². The minimum atomic E-state index is -0.0540. The van der Waals surface area contributed by atoms with Crippen LogP contribution >= 0.6 is 0 Å². The van der Waals surface area contributed by atoms with E-state index in [1.807, 2.05) is 60.1 Å². The molecule has 1 unspecified atom stereocenters. The monoisotopic (exact) mass is 403 g/mol. The predicted octanol–water partition coefficient (Wildman–Crippen LogP) is 2.90. The molecule has 4 rings (SSSR count). The smallest absolute Gasteiger partial charge is 0.251 e. The van der Waals surface area contributed by atoms with E-state index in [4.69, 9.17) is 0 Å². The number of piperazine rings is 1. The lowest BCUT2D eigenvalue weighted by molar-refractivity contribution is 0.0907. The van der Waals surface area contributed by atoms with Crippen LogP contribution in [-0.2, 0) is 0 Å². The number of nitrogens with zero attached hydrogens (tertiary/aromatic N) is 4. The van der Waals surface area contributed by atoms with E-state index in [1.54, 1.807) is 6.20 Å². The van der Waals surface area contributed by atoms with Crippen LogP contribution < -0.4 is 5.32 Å². The molecular formula is C24H29N5O. The molecule has 1 fully saturated rings. The first kappa shape index (κ1) is 20.3. The zero-order valence-electron chi connectivity index (χ0n) is 17.7. The average Bonchev–Trinajstić information content (AvgIpc) is 3.21. The number of benzene rings is 2. The number of nitrogens with one attached hydrogen (secondary N) is 1. The number of rotatable bonds is 6. The van der Waals surface area contributed by atoms with Gasteiger partial charge in [-0.2, -0.15) is 5.10 Å². The van der Waals surface area contributed by atoms with Gasteiger partial charge in [-0.25, -0.2) is 4.68 Å². The van der Waals surface area contributed by atoms with Crippen molar-refractivity contribution in [2.24, 2.45) is 0 Å². The van der Waals surface area contributed by atoms with Crippen LogP contribution in [0.4, 0.5) is 0 Å². The van der Waals surface area contributed by atoms with Crippen LogP contribution in [0.1, 0.15) is 27.7 Å². The number of hydrogen-bond acceptors (Lipinski definition) is 4. The van der Waals surface area contributed by atoms with Gasteiger partial charge in [0.1, 0.15) is 0 Å². The number of aryl methyl sites for hydroxylation is 1. The number of hydrogen-bond donors (Lipinski definition) is 1. The molecule has 0 spiro atoms. The minimum Gasteiger partial charge on any atom is -0.344 e. The Morgan fingerprint density at radius 3 is 2.33 bits per heavy atom. The molecule has 1 aliphatic heterocycles. The molecule has 3 aromatic rings. The summed E-state index contributed by atoms with van der Waals surface area (Å²) < 4.78 is 1.86. The Morgan fingerprint density at radius 1 is 1.00 bits per heavy atom. The molecule has 1 atom stereocenters. The van der Waals surface area contributed by atoms with Crippen LogP contribution in [0.15, 0.2) is 66.9 Å². The summed E-state index contributed by atoms with van der Waals surface area (Å²) in [5.74, 6) is -0.0540. The minimum absolute atomic E-state index is 0.0462. The molecule has 6 heteroatoms. The van der Waals surface area contributed by atoms with Gasteiger partial charge in [-0.15, -0.1) is 0 Å². The Labute approximate surface area is 178 Å². The fourth-order valence-electron chi connectivity index (χ4n) is 3.84. The van der Waals surface area contributed by atoms with Crippen LogP contribution in [0, 0.1) is 6.92 Å². The summed E-state index contributed by atoms with van der Waals surface area (Å²) in [7, 11) is 2.15. The molecule has 1 N–H and O–H groups in total. The number of carbonyl (C=O) groups excluding carboxylic acids is 1. The number of amides is 1. The lowest BCUT2D eigenvalue weighted by Crippen LogP contribution is -2.47. The first-order chi connectivity index (χ1) is 14.6. The van der Waals surface area contributed by atoms with Gasteiger partial charge in [0.25, 0.3) is 5.91 Å². The second-order valence-electron chi connectivity index (χ2n) is 7.97. The summed E-state index contributed by atoms with van der Waals surface area (Å²) in [4.78, 5) is 17.8. The molecule has 1 aromatic heterocycles.